The van der Waals surface area contributed by atoms with Crippen molar-refractivity contribution in [3.8, 4) is 23.6 Å². The molecule has 0 saturated carbocycles. The molecule has 4 aromatic carbocycles. The predicted octanol–water partition coefficient (Wildman–Crippen LogP) is 7.90. The maximum absolute atomic E-state index is 13.1. The van der Waals surface area contributed by atoms with Gasteiger partial charge >= 0.3 is 6.09 Å². The Morgan fingerprint density at radius 1 is 0.716 bits per heavy atom. The van der Waals surface area contributed by atoms with Crippen molar-refractivity contribution >= 4 is 29.1 Å². The summed E-state index contributed by atoms with van der Waals surface area (Å²) in [6.45, 7) is 13.4. The summed E-state index contributed by atoms with van der Waals surface area (Å²) in [4.78, 5) is 14.6. The minimum atomic E-state index is -0.727. The van der Waals surface area contributed by atoms with E-state index in [0.717, 1.165) is 37.4 Å². The highest BCUT2D eigenvalue weighted by Gasteiger charge is 2.27. The SMILES string of the molecule is Cc1c(CN(C(=O)OC(C)(C)C)c2ccc(C#N)cc2)c[n+]([O-])c(C)c1OCc1cccc(C#N)c1.Cc1c(CNc2ccc(C(=N)N)cc2)c[n+]([O-])c(C)c1OCc1cccc(C(=N)N)c1. The van der Waals surface area contributed by atoms with Gasteiger partial charge in [-0.2, -0.15) is 20.0 Å². The maximum Gasteiger partial charge on any atom is 0.415 e. The average Bonchev–Trinajstić information content (AvgIpc) is 3.30. The normalized spacial score (nSPS) is 10.6. The van der Waals surface area contributed by atoms with Crippen LogP contribution in [0.15, 0.2) is 109 Å². The number of hydrogen-bond acceptors (Lipinski definition) is 11. The zero-order chi connectivity index (χ0) is 49.0. The molecule has 16 nitrogen and oxygen atoms in total. The summed E-state index contributed by atoms with van der Waals surface area (Å²) in [5, 5.41) is 61.7. The number of carbonyl (C=O) groups excluding carboxylic acids is 1. The molecule has 0 radical (unpaired) electrons. The highest BCUT2D eigenvalue weighted by atomic mass is 16.6. The Bertz CT molecular complexity index is 2860. The monoisotopic (exact) mass is 902 g/mol. The second-order valence-electron chi connectivity index (χ2n) is 16.6. The number of anilines is 2. The summed E-state index contributed by atoms with van der Waals surface area (Å²) < 4.78 is 19.2. The van der Waals surface area contributed by atoms with E-state index in [1.54, 1.807) is 108 Å². The number of nitrogen functional groups attached to an aromatic ring is 2. The number of nitriles is 2. The standard InChI is InChI=1S/C28H28N4O4.C23H26N6O2/c1-19-24(16-31(27(33)36-28(3,4)5)25-11-9-21(14-29)10-12-25)17-32(34)20(2)26(19)35-18-23-8-6-7-22(13-23)15-30;1-14-19(11-28-20-8-6-17(7-9-20)22(24)25)12-29(30)15(2)21(14)31-13-16-4-3-5-18(10-16)23(26)27/h6-13,17H,16,18H2,1-5H3;3-10,12,28H,11,13H2,1-2H3,(H3,24,25)(H3,26,27). The number of amides is 1. The first-order valence-electron chi connectivity index (χ1n) is 21.1. The molecule has 0 fully saturated rings. The number of pyridine rings is 2. The fourth-order valence-corrected chi connectivity index (χ4v) is 6.77. The van der Waals surface area contributed by atoms with E-state index in [-0.39, 0.29) is 31.4 Å². The van der Waals surface area contributed by atoms with Gasteiger partial charge in [0.1, 0.15) is 30.5 Å². The van der Waals surface area contributed by atoms with Gasteiger partial charge in [-0.25, -0.2) is 4.79 Å². The largest absolute Gasteiger partial charge is 0.618 e. The van der Waals surface area contributed by atoms with Gasteiger partial charge in [0.2, 0.25) is 11.4 Å². The molecule has 0 aliphatic heterocycles. The van der Waals surface area contributed by atoms with Gasteiger partial charge in [-0.3, -0.25) is 15.7 Å². The zero-order valence-corrected chi connectivity index (χ0v) is 38.6. The molecule has 0 spiro atoms. The van der Waals surface area contributed by atoms with Crippen LogP contribution in [0.3, 0.4) is 0 Å². The molecular weight excluding hydrogens is 849 g/mol. The van der Waals surface area contributed by atoms with Crippen molar-refractivity contribution in [3.63, 3.8) is 0 Å². The molecule has 0 atom stereocenters. The van der Waals surface area contributed by atoms with E-state index < -0.39 is 11.7 Å². The van der Waals surface area contributed by atoms with Crippen LogP contribution >= 0.6 is 0 Å². The minimum Gasteiger partial charge on any atom is -0.618 e. The van der Waals surface area contributed by atoms with Crippen LogP contribution in [0.4, 0.5) is 16.2 Å². The molecule has 6 aromatic rings. The first-order valence-corrected chi connectivity index (χ1v) is 21.1. The lowest BCUT2D eigenvalue weighted by molar-refractivity contribution is -0.613. The smallest absolute Gasteiger partial charge is 0.415 e. The summed E-state index contributed by atoms with van der Waals surface area (Å²) >= 11 is 0. The van der Waals surface area contributed by atoms with Crippen LogP contribution in [0.5, 0.6) is 11.5 Å². The van der Waals surface area contributed by atoms with Gasteiger partial charge < -0.3 is 41.4 Å². The highest BCUT2D eigenvalue weighted by Crippen LogP contribution is 2.29. The Balaban J connectivity index is 0.000000254. The number of nitrogens with one attached hydrogen (secondary N) is 3. The molecule has 0 bridgehead atoms. The second kappa shape index (κ2) is 21.8. The third-order valence-electron chi connectivity index (χ3n) is 10.5. The summed E-state index contributed by atoms with van der Waals surface area (Å²) in [5.74, 6) is 0.961. The van der Waals surface area contributed by atoms with Crippen LogP contribution in [0.25, 0.3) is 0 Å². The zero-order valence-electron chi connectivity index (χ0n) is 38.6. The van der Waals surface area contributed by atoms with E-state index in [0.29, 0.717) is 68.5 Å². The van der Waals surface area contributed by atoms with E-state index in [1.165, 1.54) is 11.1 Å². The van der Waals surface area contributed by atoms with Crippen LogP contribution in [0.1, 0.15) is 87.8 Å². The third-order valence-corrected chi connectivity index (χ3v) is 10.5. The fraction of sp³-hybridized carbons (Fsp3) is 0.235. The molecule has 7 N–H and O–H groups in total. The quantitative estimate of drug-likeness (QED) is 0.0304. The Morgan fingerprint density at radius 2 is 1.24 bits per heavy atom. The number of hydrogen-bond donors (Lipinski definition) is 5. The summed E-state index contributed by atoms with van der Waals surface area (Å²) in [6.07, 6.45) is 2.39. The van der Waals surface area contributed by atoms with Crippen molar-refractivity contribution in [1.82, 2.24) is 0 Å². The fourth-order valence-electron chi connectivity index (χ4n) is 6.77. The highest BCUT2D eigenvalue weighted by molar-refractivity contribution is 5.95. The summed E-state index contributed by atoms with van der Waals surface area (Å²) in [7, 11) is 0. The van der Waals surface area contributed by atoms with Crippen LogP contribution in [0, 0.1) is 71.6 Å². The first kappa shape index (κ1) is 49.4. The molecule has 0 aliphatic carbocycles. The lowest BCUT2D eigenvalue weighted by Crippen LogP contribution is -2.38. The molecule has 6 rings (SSSR count). The average molecular weight is 903 g/mol. The molecule has 344 valence electrons. The molecule has 1 amide bonds. The number of benzene rings is 4. The van der Waals surface area contributed by atoms with Crippen LogP contribution in [-0.2, 0) is 31.0 Å². The number of nitrogens with two attached hydrogens (primary N) is 2. The van der Waals surface area contributed by atoms with E-state index in [9.17, 15) is 15.2 Å². The van der Waals surface area contributed by atoms with Crippen LogP contribution in [0.2, 0.25) is 0 Å². The van der Waals surface area contributed by atoms with Gasteiger partial charge in [-0.15, -0.1) is 0 Å². The molecule has 67 heavy (non-hydrogen) atoms. The predicted molar refractivity (Wildman–Crippen MR) is 255 cm³/mol. The number of rotatable bonds is 14. The molecule has 16 heteroatoms. The van der Waals surface area contributed by atoms with Crippen molar-refractivity contribution in [2.45, 2.75) is 80.4 Å². The molecule has 2 heterocycles. The van der Waals surface area contributed by atoms with E-state index in [4.69, 9.17) is 47.0 Å². The lowest BCUT2D eigenvalue weighted by atomic mass is 10.1. The Hall–Kier alpha value is -8.63. The van der Waals surface area contributed by atoms with Gasteiger partial charge in [0, 0.05) is 65.1 Å². The van der Waals surface area contributed by atoms with Crippen LogP contribution in [-0.4, -0.2) is 23.4 Å². The van der Waals surface area contributed by atoms with Crippen molar-refractivity contribution in [2.75, 3.05) is 10.2 Å². The second-order valence-corrected chi connectivity index (χ2v) is 16.6. The van der Waals surface area contributed by atoms with Crippen molar-refractivity contribution in [2.24, 2.45) is 11.5 Å². The van der Waals surface area contributed by atoms with Gasteiger partial charge in [0.25, 0.3) is 0 Å². The van der Waals surface area contributed by atoms with Crippen molar-refractivity contribution in [3.05, 3.63) is 187 Å². The number of amidine groups is 2. The summed E-state index contributed by atoms with van der Waals surface area (Å²) in [6, 6.07) is 32.3. The molecular formula is C51H54N10O6. The Kier molecular flexibility index (Phi) is 16.1. The molecule has 0 aliphatic rings. The topological polar surface area (TPSA) is 261 Å². The van der Waals surface area contributed by atoms with Gasteiger partial charge in [0.15, 0.2) is 23.9 Å². The summed E-state index contributed by atoms with van der Waals surface area (Å²) in [5.41, 5.74) is 19.4. The first-order chi connectivity index (χ1) is 31.8. The minimum absolute atomic E-state index is 0.00369. The van der Waals surface area contributed by atoms with Gasteiger partial charge in [-0.1, -0.05) is 30.3 Å². The van der Waals surface area contributed by atoms with Gasteiger partial charge in [0.05, 0.1) is 29.8 Å². The maximum atomic E-state index is 13.1. The molecule has 2 aromatic heterocycles. The Morgan fingerprint density at radius 3 is 1.78 bits per heavy atom. The molecule has 0 unspecified atom stereocenters. The number of ether oxygens (including phenoxy) is 3. The van der Waals surface area contributed by atoms with Crippen molar-refractivity contribution in [1.29, 1.82) is 21.3 Å². The van der Waals surface area contributed by atoms with Crippen molar-refractivity contribution < 1.29 is 28.5 Å². The van der Waals surface area contributed by atoms with E-state index in [2.05, 4.69) is 17.5 Å². The lowest BCUT2D eigenvalue weighted by Gasteiger charge is -2.28. The van der Waals surface area contributed by atoms with E-state index >= 15 is 0 Å². The van der Waals surface area contributed by atoms with Gasteiger partial charge in [-0.05, 0) is 112 Å². The Labute approximate surface area is 390 Å². The number of nitrogens with zero attached hydrogens (tertiary/aromatic N) is 5. The van der Waals surface area contributed by atoms with Crippen LogP contribution < -0.4 is 40.6 Å². The third kappa shape index (κ3) is 13.2. The molecule has 0 saturated heterocycles. The van der Waals surface area contributed by atoms with E-state index in [1.807, 2.05) is 44.2 Å². The number of aromatic nitrogens is 2. The number of carbonyl (C=O) groups is 1.